The van der Waals surface area contributed by atoms with Crippen LogP contribution in [-0.2, 0) is 9.84 Å². The Bertz CT molecular complexity index is 639. The van der Waals surface area contributed by atoms with Crippen LogP contribution in [0, 0.1) is 6.92 Å². The molecule has 0 aliphatic rings. The van der Waals surface area contributed by atoms with Crippen molar-refractivity contribution in [1.29, 1.82) is 0 Å². The number of nitrogen functional groups attached to an aromatic ring is 1. The van der Waals surface area contributed by atoms with E-state index in [1.54, 1.807) is 25.1 Å². The van der Waals surface area contributed by atoms with Gasteiger partial charge in [-0.15, -0.1) is 5.10 Å². The lowest BCUT2D eigenvalue weighted by Crippen LogP contribution is -2.08. The SMILES string of the molecule is Cc1cc(S(=O)(=O)c2ccccc2)c(N)nn1. The zero-order chi connectivity index (χ0) is 12.5. The monoisotopic (exact) mass is 249 g/mol. The molecule has 0 fully saturated rings. The van der Waals surface area contributed by atoms with Gasteiger partial charge in [0.25, 0.3) is 0 Å². The molecule has 0 aliphatic heterocycles. The average molecular weight is 249 g/mol. The minimum Gasteiger partial charge on any atom is -0.381 e. The quantitative estimate of drug-likeness (QED) is 0.864. The number of anilines is 1. The third-order valence-corrected chi connectivity index (χ3v) is 4.05. The fourth-order valence-corrected chi connectivity index (χ4v) is 2.83. The molecule has 1 heterocycles. The van der Waals surface area contributed by atoms with Crippen molar-refractivity contribution < 1.29 is 8.42 Å². The van der Waals surface area contributed by atoms with Crippen LogP contribution in [-0.4, -0.2) is 18.6 Å². The highest BCUT2D eigenvalue weighted by molar-refractivity contribution is 7.91. The molecule has 0 aliphatic carbocycles. The van der Waals surface area contributed by atoms with Gasteiger partial charge in [0, 0.05) is 0 Å². The molecule has 0 spiro atoms. The molecule has 0 saturated heterocycles. The first-order chi connectivity index (χ1) is 8.01. The van der Waals surface area contributed by atoms with Crippen LogP contribution < -0.4 is 5.73 Å². The van der Waals surface area contributed by atoms with E-state index < -0.39 is 9.84 Å². The van der Waals surface area contributed by atoms with Crippen LogP contribution in [0.2, 0.25) is 0 Å². The largest absolute Gasteiger partial charge is 0.381 e. The highest BCUT2D eigenvalue weighted by Gasteiger charge is 2.21. The molecule has 88 valence electrons. The number of aromatic nitrogens is 2. The van der Waals surface area contributed by atoms with Crippen molar-refractivity contribution in [3.63, 3.8) is 0 Å². The zero-order valence-electron chi connectivity index (χ0n) is 9.16. The Balaban J connectivity index is 2.64. The Labute approximate surface area is 99.2 Å². The van der Waals surface area contributed by atoms with Crippen molar-refractivity contribution in [3.05, 3.63) is 42.1 Å². The Kier molecular flexibility index (Phi) is 2.81. The first-order valence-electron chi connectivity index (χ1n) is 4.92. The van der Waals surface area contributed by atoms with Gasteiger partial charge in [0.2, 0.25) is 9.84 Å². The zero-order valence-corrected chi connectivity index (χ0v) is 9.98. The van der Waals surface area contributed by atoms with Gasteiger partial charge in [0.1, 0.15) is 4.90 Å². The molecule has 0 unspecified atom stereocenters. The maximum atomic E-state index is 12.3. The summed E-state index contributed by atoms with van der Waals surface area (Å²) in [7, 11) is -3.62. The van der Waals surface area contributed by atoms with E-state index in [2.05, 4.69) is 10.2 Å². The van der Waals surface area contributed by atoms with Gasteiger partial charge in [-0.3, -0.25) is 0 Å². The van der Waals surface area contributed by atoms with Gasteiger partial charge in [-0.25, -0.2) is 8.42 Å². The molecule has 2 N–H and O–H groups in total. The summed E-state index contributed by atoms with van der Waals surface area (Å²) in [4.78, 5) is 0.190. The Morgan fingerprint density at radius 3 is 2.41 bits per heavy atom. The van der Waals surface area contributed by atoms with E-state index in [9.17, 15) is 8.42 Å². The van der Waals surface area contributed by atoms with Crippen LogP contribution in [0.5, 0.6) is 0 Å². The van der Waals surface area contributed by atoms with E-state index in [1.165, 1.54) is 18.2 Å². The van der Waals surface area contributed by atoms with Crippen LogP contribution in [0.15, 0.2) is 46.2 Å². The molecule has 0 saturated carbocycles. The normalized spacial score (nSPS) is 11.4. The number of sulfone groups is 1. The minimum atomic E-state index is -3.62. The lowest BCUT2D eigenvalue weighted by Gasteiger charge is -2.06. The summed E-state index contributed by atoms with van der Waals surface area (Å²) in [5, 5.41) is 7.33. The first-order valence-corrected chi connectivity index (χ1v) is 6.40. The Morgan fingerprint density at radius 2 is 1.76 bits per heavy atom. The van der Waals surface area contributed by atoms with Crippen molar-refractivity contribution in [3.8, 4) is 0 Å². The molecule has 0 atom stereocenters. The van der Waals surface area contributed by atoms with Crippen LogP contribution in [0.4, 0.5) is 5.82 Å². The van der Waals surface area contributed by atoms with Crippen LogP contribution in [0.3, 0.4) is 0 Å². The van der Waals surface area contributed by atoms with Gasteiger partial charge in [-0.2, -0.15) is 5.10 Å². The molecule has 0 radical (unpaired) electrons. The number of nitrogens with two attached hydrogens (primary N) is 1. The van der Waals surface area contributed by atoms with Gasteiger partial charge in [0.15, 0.2) is 5.82 Å². The standard InChI is InChI=1S/C11H11N3O2S/c1-8-7-10(11(12)14-13-8)17(15,16)9-5-3-2-4-6-9/h2-7H,1H3,(H2,12,14). The van der Waals surface area contributed by atoms with E-state index in [0.29, 0.717) is 5.69 Å². The van der Waals surface area contributed by atoms with Gasteiger partial charge < -0.3 is 5.73 Å². The number of hydrogen-bond acceptors (Lipinski definition) is 5. The van der Waals surface area contributed by atoms with Crippen molar-refractivity contribution >= 4 is 15.7 Å². The molecule has 6 heteroatoms. The van der Waals surface area contributed by atoms with Crippen molar-refractivity contribution in [2.75, 3.05) is 5.73 Å². The second kappa shape index (κ2) is 4.14. The maximum Gasteiger partial charge on any atom is 0.210 e. The van der Waals surface area contributed by atoms with Crippen LogP contribution in [0.1, 0.15) is 5.69 Å². The fraction of sp³-hybridized carbons (Fsp3) is 0.0909. The molecule has 2 rings (SSSR count). The molecule has 2 aromatic rings. The predicted octanol–water partition coefficient (Wildman–Crippen LogP) is 1.20. The topological polar surface area (TPSA) is 85.9 Å². The van der Waals surface area contributed by atoms with Crippen molar-refractivity contribution in [2.45, 2.75) is 16.7 Å². The lowest BCUT2D eigenvalue weighted by molar-refractivity contribution is 0.595. The predicted molar refractivity (Wildman–Crippen MR) is 63.1 cm³/mol. The highest BCUT2D eigenvalue weighted by Crippen LogP contribution is 2.24. The van der Waals surface area contributed by atoms with E-state index in [1.807, 2.05) is 0 Å². The van der Waals surface area contributed by atoms with Gasteiger partial charge in [0.05, 0.1) is 10.6 Å². The molecule has 17 heavy (non-hydrogen) atoms. The molecule has 5 nitrogen and oxygen atoms in total. The van der Waals surface area contributed by atoms with Gasteiger partial charge >= 0.3 is 0 Å². The summed E-state index contributed by atoms with van der Waals surface area (Å²) in [6, 6.07) is 9.52. The molecule has 0 bridgehead atoms. The summed E-state index contributed by atoms with van der Waals surface area (Å²) >= 11 is 0. The van der Waals surface area contributed by atoms with Crippen molar-refractivity contribution in [1.82, 2.24) is 10.2 Å². The first kappa shape index (κ1) is 11.5. The molecule has 0 amide bonds. The van der Waals surface area contributed by atoms with E-state index in [0.717, 1.165) is 0 Å². The van der Waals surface area contributed by atoms with Crippen LogP contribution in [0.25, 0.3) is 0 Å². The number of hydrogen-bond donors (Lipinski definition) is 1. The molecular formula is C11H11N3O2S. The average Bonchev–Trinajstić information content (AvgIpc) is 2.33. The second-order valence-electron chi connectivity index (χ2n) is 3.55. The minimum absolute atomic E-state index is 0.00352. The summed E-state index contributed by atoms with van der Waals surface area (Å²) in [5.41, 5.74) is 6.07. The summed E-state index contributed by atoms with van der Waals surface area (Å²) in [6.45, 7) is 1.66. The summed E-state index contributed by atoms with van der Waals surface area (Å²) in [6.07, 6.45) is 0. The Morgan fingerprint density at radius 1 is 1.12 bits per heavy atom. The van der Waals surface area contributed by atoms with E-state index in [-0.39, 0.29) is 15.6 Å². The lowest BCUT2D eigenvalue weighted by atomic mass is 10.4. The smallest absolute Gasteiger partial charge is 0.210 e. The molecule has 1 aromatic heterocycles. The molecular weight excluding hydrogens is 238 g/mol. The van der Waals surface area contributed by atoms with E-state index >= 15 is 0 Å². The van der Waals surface area contributed by atoms with Crippen LogP contribution >= 0.6 is 0 Å². The Hall–Kier alpha value is -1.95. The summed E-state index contributed by atoms with van der Waals surface area (Å²) in [5.74, 6) is -0.0838. The van der Waals surface area contributed by atoms with E-state index in [4.69, 9.17) is 5.73 Å². The third-order valence-electron chi connectivity index (χ3n) is 2.25. The molecule has 1 aromatic carbocycles. The van der Waals surface area contributed by atoms with Gasteiger partial charge in [-0.05, 0) is 25.1 Å². The number of benzene rings is 1. The fourth-order valence-electron chi connectivity index (χ4n) is 1.42. The van der Waals surface area contributed by atoms with Gasteiger partial charge in [-0.1, -0.05) is 18.2 Å². The third kappa shape index (κ3) is 2.12. The number of nitrogens with zero attached hydrogens (tertiary/aromatic N) is 2. The van der Waals surface area contributed by atoms with Crippen molar-refractivity contribution in [2.24, 2.45) is 0 Å². The summed E-state index contributed by atoms with van der Waals surface area (Å²) < 4.78 is 24.5. The second-order valence-corrected chi connectivity index (χ2v) is 5.47. The number of rotatable bonds is 2. The number of aryl methyl sites for hydroxylation is 1. The maximum absolute atomic E-state index is 12.3. The highest BCUT2D eigenvalue weighted by atomic mass is 32.2.